The Morgan fingerprint density at radius 1 is 1.37 bits per heavy atom. The highest BCUT2D eigenvalue weighted by molar-refractivity contribution is 6.32. The van der Waals surface area contributed by atoms with Gasteiger partial charge in [0.2, 0.25) is 0 Å². The van der Waals surface area contributed by atoms with Crippen molar-refractivity contribution >= 4 is 29.0 Å². The van der Waals surface area contributed by atoms with Crippen molar-refractivity contribution < 1.29 is 9.90 Å². The molecule has 0 heterocycles. The number of hydrogen-bond donors (Lipinski definition) is 1. The van der Waals surface area contributed by atoms with Gasteiger partial charge in [0.15, 0.2) is 10.8 Å². The molecule has 19 heavy (non-hydrogen) atoms. The molecule has 0 spiro atoms. The predicted molar refractivity (Wildman–Crippen MR) is 77.6 cm³/mol. The largest absolute Gasteiger partial charge is 0.370 e. The molecule has 0 aromatic heterocycles. The average molecular weight is 297 g/mol. The van der Waals surface area contributed by atoms with E-state index in [0.29, 0.717) is 12.0 Å². The van der Waals surface area contributed by atoms with Crippen molar-refractivity contribution in [3.8, 4) is 0 Å². The Balaban J connectivity index is 2.03. The highest BCUT2D eigenvalue weighted by atomic mass is 35.5. The molecule has 1 aromatic carbocycles. The van der Waals surface area contributed by atoms with Crippen LogP contribution in [0.4, 0.5) is 0 Å². The Morgan fingerprint density at radius 3 is 2.68 bits per heavy atom. The zero-order valence-electron chi connectivity index (χ0n) is 10.2. The molecule has 1 aromatic rings. The molecule has 4 heteroatoms. The van der Waals surface area contributed by atoms with E-state index in [2.05, 4.69) is 0 Å². The zero-order chi connectivity index (χ0) is 13.9. The second kappa shape index (κ2) is 5.91. The number of carbonyl (C=O) groups excluding carboxylic acids is 1. The Bertz CT molecular complexity index is 506. The van der Waals surface area contributed by atoms with Gasteiger partial charge in [-0.1, -0.05) is 54.1 Å². The molecule has 0 saturated carbocycles. The summed E-state index contributed by atoms with van der Waals surface area (Å²) >= 11 is 11.8. The molecule has 3 atom stereocenters. The van der Waals surface area contributed by atoms with E-state index in [0.717, 1.165) is 0 Å². The van der Waals surface area contributed by atoms with Gasteiger partial charge >= 0.3 is 0 Å². The van der Waals surface area contributed by atoms with E-state index >= 15 is 0 Å². The monoisotopic (exact) mass is 296 g/mol. The summed E-state index contributed by atoms with van der Waals surface area (Å²) in [7, 11) is 0. The molecule has 1 N–H and O–H groups in total. The molecule has 2 rings (SSSR count). The second-order valence-electron chi connectivity index (χ2n) is 4.54. The van der Waals surface area contributed by atoms with Crippen molar-refractivity contribution in [3.05, 3.63) is 60.2 Å². The summed E-state index contributed by atoms with van der Waals surface area (Å²) in [4.78, 5) is 11.9. The van der Waals surface area contributed by atoms with Crippen molar-refractivity contribution in [1.82, 2.24) is 0 Å². The Kier molecular flexibility index (Phi) is 4.46. The van der Waals surface area contributed by atoms with Crippen molar-refractivity contribution in [2.75, 3.05) is 0 Å². The van der Waals surface area contributed by atoms with E-state index in [4.69, 9.17) is 23.2 Å². The predicted octanol–water partition coefficient (Wildman–Crippen LogP) is 3.54. The first-order valence-corrected chi connectivity index (χ1v) is 6.83. The number of ketones is 1. The SMILES string of the molecule is O=C(C=CC1C=CC(O)(Cl)C(Cl)C1)c1ccccc1. The van der Waals surface area contributed by atoms with Crippen LogP contribution in [0.5, 0.6) is 0 Å². The standard InChI is InChI=1S/C15H14Cl2O2/c16-14-10-11(8-9-15(14,17)19)6-7-13(18)12-4-2-1-3-5-12/h1-9,11,14,19H,10H2. The van der Waals surface area contributed by atoms with Crippen LogP contribution in [0.3, 0.4) is 0 Å². The molecule has 1 aliphatic carbocycles. The minimum absolute atomic E-state index is 0.00851. The molecule has 0 radical (unpaired) electrons. The first kappa shape index (κ1) is 14.3. The fraction of sp³-hybridized carbons (Fsp3) is 0.267. The van der Waals surface area contributed by atoms with Crippen LogP contribution in [0.2, 0.25) is 0 Å². The number of benzene rings is 1. The lowest BCUT2D eigenvalue weighted by Gasteiger charge is -2.29. The highest BCUT2D eigenvalue weighted by Gasteiger charge is 2.34. The van der Waals surface area contributed by atoms with E-state index in [9.17, 15) is 9.90 Å². The summed E-state index contributed by atoms with van der Waals surface area (Å²) in [5, 5.41) is 7.61. The van der Waals surface area contributed by atoms with Gasteiger partial charge in [0, 0.05) is 5.56 Å². The average Bonchev–Trinajstić information content (AvgIpc) is 2.41. The van der Waals surface area contributed by atoms with Crippen LogP contribution in [0, 0.1) is 5.92 Å². The third-order valence-electron chi connectivity index (χ3n) is 3.05. The van der Waals surface area contributed by atoms with Crippen LogP contribution < -0.4 is 0 Å². The summed E-state index contributed by atoms with van der Waals surface area (Å²) in [6, 6.07) is 9.05. The van der Waals surface area contributed by atoms with Gasteiger partial charge in [-0.05, 0) is 24.5 Å². The number of alkyl halides is 2. The van der Waals surface area contributed by atoms with Gasteiger partial charge in [-0.3, -0.25) is 4.79 Å². The maximum atomic E-state index is 11.9. The number of allylic oxidation sites excluding steroid dienone is 3. The Hall–Kier alpha value is -1.09. The van der Waals surface area contributed by atoms with Gasteiger partial charge < -0.3 is 5.11 Å². The van der Waals surface area contributed by atoms with Crippen molar-refractivity contribution in [1.29, 1.82) is 0 Å². The van der Waals surface area contributed by atoms with Crippen LogP contribution in [0.25, 0.3) is 0 Å². The molecule has 0 fully saturated rings. The van der Waals surface area contributed by atoms with Crippen LogP contribution >= 0.6 is 23.2 Å². The number of aliphatic hydroxyl groups is 1. The van der Waals surface area contributed by atoms with Gasteiger partial charge in [-0.2, -0.15) is 0 Å². The first-order chi connectivity index (χ1) is 8.99. The van der Waals surface area contributed by atoms with Gasteiger partial charge in [0.25, 0.3) is 0 Å². The minimum atomic E-state index is -1.49. The summed E-state index contributed by atoms with van der Waals surface area (Å²) in [6.45, 7) is 0. The van der Waals surface area contributed by atoms with Crippen LogP contribution in [-0.2, 0) is 0 Å². The van der Waals surface area contributed by atoms with E-state index in [1.165, 1.54) is 12.2 Å². The normalized spacial score (nSPS) is 30.7. The number of rotatable bonds is 3. The highest BCUT2D eigenvalue weighted by Crippen LogP contribution is 2.34. The van der Waals surface area contributed by atoms with E-state index in [1.54, 1.807) is 24.3 Å². The second-order valence-corrected chi connectivity index (χ2v) is 5.68. The third kappa shape index (κ3) is 3.69. The summed E-state index contributed by atoms with van der Waals surface area (Å²) < 4.78 is 0. The van der Waals surface area contributed by atoms with E-state index in [-0.39, 0.29) is 11.7 Å². The summed E-state index contributed by atoms with van der Waals surface area (Å²) in [5.41, 5.74) is 0.648. The third-order valence-corrected chi connectivity index (χ3v) is 4.06. The molecule has 0 amide bonds. The first-order valence-electron chi connectivity index (χ1n) is 6.01. The van der Waals surface area contributed by atoms with E-state index < -0.39 is 10.4 Å². The number of carbonyl (C=O) groups is 1. The van der Waals surface area contributed by atoms with Gasteiger partial charge in [-0.15, -0.1) is 11.6 Å². The molecule has 0 aliphatic heterocycles. The summed E-state index contributed by atoms with van der Waals surface area (Å²) in [6.07, 6.45) is 7.05. The molecule has 2 nitrogen and oxygen atoms in total. The Labute approximate surface area is 122 Å². The van der Waals surface area contributed by atoms with Crippen molar-refractivity contribution in [2.24, 2.45) is 5.92 Å². The number of hydrogen-bond acceptors (Lipinski definition) is 2. The molecular formula is C15H14Cl2O2. The van der Waals surface area contributed by atoms with Crippen molar-refractivity contribution in [2.45, 2.75) is 16.9 Å². The van der Waals surface area contributed by atoms with Crippen LogP contribution in [-0.4, -0.2) is 21.3 Å². The summed E-state index contributed by atoms with van der Waals surface area (Å²) in [5.74, 6) is -0.0407. The molecule has 100 valence electrons. The fourth-order valence-corrected chi connectivity index (χ4v) is 2.34. The lowest BCUT2D eigenvalue weighted by molar-refractivity contribution is 0.104. The van der Waals surface area contributed by atoms with Crippen molar-refractivity contribution in [3.63, 3.8) is 0 Å². The maximum Gasteiger partial charge on any atom is 0.185 e. The smallest absolute Gasteiger partial charge is 0.185 e. The molecule has 0 bridgehead atoms. The molecule has 3 unspecified atom stereocenters. The lowest BCUT2D eigenvalue weighted by atomic mass is 9.92. The van der Waals surface area contributed by atoms with Crippen LogP contribution in [0.15, 0.2) is 54.6 Å². The maximum absolute atomic E-state index is 11.9. The van der Waals surface area contributed by atoms with E-state index in [1.807, 2.05) is 18.2 Å². The van der Waals surface area contributed by atoms with Gasteiger partial charge in [0.1, 0.15) is 0 Å². The molecule has 1 aliphatic rings. The Morgan fingerprint density at radius 2 is 2.05 bits per heavy atom. The van der Waals surface area contributed by atoms with Crippen LogP contribution in [0.1, 0.15) is 16.8 Å². The lowest BCUT2D eigenvalue weighted by Crippen LogP contribution is -2.34. The van der Waals surface area contributed by atoms with Gasteiger partial charge in [-0.25, -0.2) is 0 Å². The minimum Gasteiger partial charge on any atom is -0.370 e. The zero-order valence-corrected chi connectivity index (χ0v) is 11.7. The quantitative estimate of drug-likeness (QED) is 0.401. The number of halogens is 2. The molecular weight excluding hydrogens is 283 g/mol. The fourth-order valence-electron chi connectivity index (χ4n) is 1.90. The molecule has 0 saturated heterocycles. The van der Waals surface area contributed by atoms with Gasteiger partial charge in [0.05, 0.1) is 5.38 Å². The topological polar surface area (TPSA) is 37.3 Å².